The van der Waals surface area contributed by atoms with Gasteiger partial charge in [0, 0.05) is 44.5 Å². The van der Waals surface area contributed by atoms with Crippen molar-refractivity contribution in [2.45, 2.75) is 13.0 Å². The van der Waals surface area contributed by atoms with Crippen LogP contribution < -0.4 is 15.0 Å². The summed E-state index contributed by atoms with van der Waals surface area (Å²) in [5, 5.41) is 3.28. The van der Waals surface area contributed by atoms with Gasteiger partial charge in [0.25, 0.3) is 0 Å². The van der Waals surface area contributed by atoms with Gasteiger partial charge in [-0.05, 0) is 31.2 Å². The molecule has 1 aromatic carbocycles. The van der Waals surface area contributed by atoms with Gasteiger partial charge in [-0.2, -0.15) is 0 Å². The summed E-state index contributed by atoms with van der Waals surface area (Å²) in [7, 11) is 1.70. The van der Waals surface area contributed by atoms with Gasteiger partial charge >= 0.3 is 0 Å². The molecule has 1 fully saturated rings. The number of ether oxygens (including phenoxy) is 1. The Bertz CT molecular complexity index is 458. The normalized spacial score (nSPS) is 17.3. The van der Waals surface area contributed by atoms with Gasteiger partial charge in [-0.25, -0.2) is 0 Å². The highest BCUT2D eigenvalue weighted by molar-refractivity contribution is 5.49. The monoisotopic (exact) mass is 287 g/mol. The van der Waals surface area contributed by atoms with Crippen molar-refractivity contribution in [1.82, 2.24) is 10.2 Å². The highest BCUT2D eigenvalue weighted by Crippen LogP contribution is 2.20. The Morgan fingerprint density at radius 2 is 1.90 bits per heavy atom. The fourth-order valence-corrected chi connectivity index (χ4v) is 2.70. The quantitative estimate of drug-likeness (QED) is 0.633. The van der Waals surface area contributed by atoms with Crippen LogP contribution in [-0.4, -0.2) is 57.3 Å². The van der Waals surface area contributed by atoms with E-state index < -0.39 is 0 Å². The van der Waals surface area contributed by atoms with Crippen LogP contribution in [0.1, 0.15) is 6.92 Å². The van der Waals surface area contributed by atoms with E-state index in [4.69, 9.17) is 11.2 Å². The molecule has 0 saturated carbocycles. The predicted molar refractivity (Wildman–Crippen MR) is 87.9 cm³/mol. The molecular formula is C17H25N3O. The van der Waals surface area contributed by atoms with Crippen LogP contribution in [0.25, 0.3) is 0 Å². The van der Waals surface area contributed by atoms with Crippen molar-refractivity contribution in [2.75, 3.05) is 51.3 Å². The summed E-state index contributed by atoms with van der Waals surface area (Å²) >= 11 is 0. The largest absolute Gasteiger partial charge is 0.497 e. The number of rotatable bonds is 6. The standard InChI is InChI=1S/C17H25N3O/c1-4-9-18-14-15(2)19-10-12-20(13-11-19)16-5-7-17(21-3)8-6-16/h1,5-8,15,18H,9-14H2,2-3H3. The number of piperazine rings is 1. The third kappa shape index (κ3) is 4.38. The Kier molecular flexibility index (Phi) is 5.91. The summed E-state index contributed by atoms with van der Waals surface area (Å²) < 4.78 is 5.20. The Morgan fingerprint density at radius 1 is 1.24 bits per heavy atom. The number of terminal acetylenes is 1. The van der Waals surface area contributed by atoms with E-state index in [0.29, 0.717) is 12.6 Å². The molecule has 0 bridgehead atoms. The first-order chi connectivity index (χ1) is 10.2. The van der Waals surface area contributed by atoms with Crippen molar-refractivity contribution in [3.8, 4) is 18.1 Å². The maximum atomic E-state index is 5.25. The van der Waals surface area contributed by atoms with Gasteiger partial charge in [-0.15, -0.1) is 6.42 Å². The summed E-state index contributed by atoms with van der Waals surface area (Å²) in [6.07, 6.45) is 5.25. The van der Waals surface area contributed by atoms with Crippen molar-refractivity contribution < 1.29 is 4.74 Å². The second kappa shape index (κ2) is 7.92. The van der Waals surface area contributed by atoms with E-state index in [9.17, 15) is 0 Å². The van der Waals surface area contributed by atoms with Crippen LogP contribution in [0.4, 0.5) is 5.69 Å². The van der Waals surface area contributed by atoms with Crippen molar-refractivity contribution in [1.29, 1.82) is 0 Å². The molecule has 0 aromatic heterocycles. The number of methoxy groups -OCH3 is 1. The predicted octanol–water partition coefficient (Wildman–Crippen LogP) is 1.43. The topological polar surface area (TPSA) is 27.7 Å². The van der Waals surface area contributed by atoms with E-state index >= 15 is 0 Å². The Balaban J connectivity index is 1.80. The molecule has 1 N–H and O–H groups in total. The maximum absolute atomic E-state index is 5.25. The lowest BCUT2D eigenvalue weighted by molar-refractivity contribution is 0.194. The van der Waals surface area contributed by atoms with Crippen LogP contribution in [0.3, 0.4) is 0 Å². The fraction of sp³-hybridized carbons (Fsp3) is 0.529. The van der Waals surface area contributed by atoms with Crippen LogP contribution in [-0.2, 0) is 0 Å². The van der Waals surface area contributed by atoms with Crippen LogP contribution in [0, 0.1) is 12.3 Å². The minimum absolute atomic E-state index is 0.524. The van der Waals surface area contributed by atoms with Crippen molar-refractivity contribution in [2.24, 2.45) is 0 Å². The summed E-state index contributed by atoms with van der Waals surface area (Å²) in [4.78, 5) is 4.95. The molecule has 0 spiro atoms. The van der Waals surface area contributed by atoms with Crippen LogP contribution in [0.2, 0.25) is 0 Å². The molecule has 1 aliphatic heterocycles. The highest BCUT2D eigenvalue weighted by atomic mass is 16.5. The van der Waals surface area contributed by atoms with E-state index in [2.05, 4.69) is 40.1 Å². The van der Waals surface area contributed by atoms with Crippen LogP contribution in [0.15, 0.2) is 24.3 Å². The second-order valence-electron chi connectivity index (χ2n) is 5.41. The molecular weight excluding hydrogens is 262 g/mol. The first-order valence-corrected chi connectivity index (χ1v) is 7.52. The number of nitrogens with zero attached hydrogens (tertiary/aromatic N) is 2. The smallest absolute Gasteiger partial charge is 0.119 e. The molecule has 0 radical (unpaired) electrons. The number of benzene rings is 1. The zero-order chi connectivity index (χ0) is 15.1. The molecule has 0 aliphatic carbocycles. The minimum Gasteiger partial charge on any atom is -0.497 e. The molecule has 4 heteroatoms. The van der Waals surface area contributed by atoms with E-state index in [0.717, 1.165) is 38.5 Å². The van der Waals surface area contributed by atoms with Gasteiger partial charge in [0.2, 0.25) is 0 Å². The number of hydrogen-bond donors (Lipinski definition) is 1. The Labute approximate surface area is 128 Å². The third-order valence-electron chi connectivity index (χ3n) is 4.04. The van der Waals surface area contributed by atoms with Gasteiger partial charge < -0.3 is 15.0 Å². The summed E-state index contributed by atoms with van der Waals surface area (Å²) in [5.74, 6) is 3.52. The molecule has 1 unspecified atom stereocenters. The van der Waals surface area contributed by atoms with Gasteiger partial charge in [0.05, 0.1) is 13.7 Å². The average molecular weight is 287 g/mol. The lowest BCUT2D eigenvalue weighted by Gasteiger charge is -2.39. The Hall–Kier alpha value is -1.70. The third-order valence-corrected chi connectivity index (χ3v) is 4.04. The lowest BCUT2D eigenvalue weighted by Crippen LogP contribution is -2.52. The number of nitrogens with one attached hydrogen (secondary N) is 1. The average Bonchev–Trinajstić information content (AvgIpc) is 2.55. The molecule has 1 heterocycles. The van der Waals surface area contributed by atoms with E-state index in [1.54, 1.807) is 7.11 Å². The van der Waals surface area contributed by atoms with Gasteiger partial charge in [0.1, 0.15) is 5.75 Å². The van der Waals surface area contributed by atoms with Crippen molar-refractivity contribution in [3.05, 3.63) is 24.3 Å². The number of hydrogen-bond acceptors (Lipinski definition) is 4. The van der Waals surface area contributed by atoms with Gasteiger partial charge in [-0.3, -0.25) is 4.90 Å². The maximum Gasteiger partial charge on any atom is 0.119 e. The second-order valence-corrected chi connectivity index (χ2v) is 5.41. The summed E-state index contributed by atoms with van der Waals surface area (Å²) in [6, 6.07) is 8.83. The zero-order valence-corrected chi connectivity index (χ0v) is 13.0. The van der Waals surface area contributed by atoms with E-state index in [-0.39, 0.29) is 0 Å². The lowest BCUT2D eigenvalue weighted by atomic mass is 10.2. The molecule has 1 aliphatic rings. The van der Waals surface area contributed by atoms with E-state index in [1.165, 1.54) is 5.69 Å². The minimum atomic E-state index is 0.524. The molecule has 1 saturated heterocycles. The molecule has 0 amide bonds. The molecule has 114 valence electrons. The summed E-state index contributed by atoms with van der Waals surface area (Å²) in [5.41, 5.74) is 1.27. The van der Waals surface area contributed by atoms with E-state index in [1.807, 2.05) is 12.1 Å². The van der Waals surface area contributed by atoms with Gasteiger partial charge in [-0.1, -0.05) is 5.92 Å². The molecule has 21 heavy (non-hydrogen) atoms. The zero-order valence-electron chi connectivity index (χ0n) is 13.0. The Morgan fingerprint density at radius 3 is 2.48 bits per heavy atom. The molecule has 1 atom stereocenters. The number of anilines is 1. The van der Waals surface area contributed by atoms with Crippen LogP contribution in [0.5, 0.6) is 5.75 Å². The molecule has 1 aromatic rings. The first kappa shape index (κ1) is 15.7. The SMILES string of the molecule is C#CCNCC(C)N1CCN(c2ccc(OC)cc2)CC1. The highest BCUT2D eigenvalue weighted by Gasteiger charge is 2.20. The molecule has 4 nitrogen and oxygen atoms in total. The fourth-order valence-electron chi connectivity index (χ4n) is 2.70. The first-order valence-electron chi connectivity index (χ1n) is 7.52. The van der Waals surface area contributed by atoms with Gasteiger partial charge in [0.15, 0.2) is 0 Å². The summed E-state index contributed by atoms with van der Waals surface area (Å²) in [6.45, 7) is 8.16. The van der Waals surface area contributed by atoms with Crippen molar-refractivity contribution >= 4 is 5.69 Å². The van der Waals surface area contributed by atoms with Crippen LogP contribution >= 0.6 is 0 Å². The molecule has 2 rings (SSSR count). The van der Waals surface area contributed by atoms with Crippen molar-refractivity contribution in [3.63, 3.8) is 0 Å².